The number of ether oxygens (including phenoxy) is 2. The van der Waals surface area contributed by atoms with Crippen LogP contribution in [-0.2, 0) is 9.47 Å². The van der Waals surface area contributed by atoms with Crippen molar-refractivity contribution in [3.63, 3.8) is 0 Å². The first-order valence-corrected chi connectivity index (χ1v) is 7.19. The molecular formula is C14H22N4O2. The van der Waals surface area contributed by atoms with E-state index in [1.165, 1.54) is 0 Å². The Balaban J connectivity index is 1.74. The second-order valence-corrected chi connectivity index (χ2v) is 5.49. The highest BCUT2D eigenvalue weighted by Crippen LogP contribution is 2.23. The minimum atomic E-state index is 0.415. The summed E-state index contributed by atoms with van der Waals surface area (Å²) in [6.07, 6.45) is 3.76. The summed E-state index contributed by atoms with van der Waals surface area (Å²) < 4.78 is 10.9. The molecule has 0 amide bonds. The number of aromatic nitrogens is 2. The molecule has 2 aliphatic heterocycles. The van der Waals surface area contributed by atoms with Crippen molar-refractivity contribution in [3.05, 3.63) is 12.4 Å². The standard InChI is InChI=1S/C14H22N4O2/c1-17(11-3-5-19-8-11)13-7-14(16-10-15-13)18(2)12-4-6-20-9-12/h7,10-12H,3-6,8-9H2,1-2H3/t11-,12-/m1/s1. The van der Waals surface area contributed by atoms with Gasteiger partial charge in [0.05, 0.1) is 25.3 Å². The predicted octanol–water partition coefficient (Wildman–Crippen LogP) is 0.927. The van der Waals surface area contributed by atoms with Crippen molar-refractivity contribution in [3.8, 4) is 0 Å². The molecule has 0 radical (unpaired) electrons. The molecule has 2 atom stereocenters. The summed E-state index contributed by atoms with van der Waals surface area (Å²) in [6, 6.07) is 2.88. The molecular weight excluding hydrogens is 256 g/mol. The summed E-state index contributed by atoms with van der Waals surface area (Å²) >= 11 is 0. The summed E-state index contributed by atoms with van der Waals surface area (Å²) in [4.78, 5) is 13.2. The average molecular weight is 278 g/mol. The lowest BCUT2D eigenvalue weighted by Crippen LogP contribution is -2.34. The van der Waals surface area contributed by atoms with Crippen LogP contribution in [0.2, 0.25) is 0 Å². The van der Waals surface area contributed by atoms with Crippen molar-refractivity contribution in [2.75, 3.05) is 50.3 Å². The molecule has 20 heavy (non-hydrogen) atoms. The van der Waals surface area contributed by atoms with Crippen molar-refractivity contribution in [2.24, 2.45) is 0 Å². The van der Waals surface area contributed by atoms with Gasteiger partial charge in [-0.15, -0.1) is 0 Å². The number of likely N-dealkylation sites (N-methyl/N-ethyl adjacent to an activating group) is 2. The van der Waals surface area contributed by atoms with E-state index in [2.05, 4.69) is 39.9 Å². The van der Waals surface area contributed by atoms with Crippen molar-refractivity contribution in [2.45, 2.75) is 24.9 Å². The smallest absolute Gasteiger partial charge is 0.134 e. The van der Waals surface area contributed by atoms with Crippen LogP contribution in [0.5, 0.6) is 0 Å². The highest BCUT2D eigenvalue weighted by Gasteiger charge is 2.24. The number of rotatable bonds is 4. The van der Waals surface area contributed by atoms with Crippen LogP contribution in [0.3, 0.4) is 0 Å². The SMILES string of the molecule is CN(c1cc(N(C)[C@@H]2CCOC2)ncn1)[C@@H]1CCOC1. The summed E-state index contributed by atoms with van der Waals surface area (Å²) in [7, 11) is 4.15. The van der Waals surface area contributed by atoms with E-state index >= 15 is 0 Å². The molecule has 6 nitrogen and oxygen atoms in total. The van der Waals surface area contributed by atoms with Gasteiger partial charge in [-0.1, -0.05) is 0 Å². The summed E-state index contributed by atoms with van der Waals surface area (Å²) in [6.45, 7) is 3.24. The molecule has 0 unspecified atom stereocenters. The molecule has 0 spiro atoms. The van der Waals surface area contributed by atoms with Crippen LogP contribution in [0.1, 0.15) is 12.8 Å². The molecule has 1 aromatic heterocycles. The zero-order chi connectivity index (χ0) is 13.9. The van der Waals surface area contributed by atoms with Crippen LogP contribution >= 0.6 is 0 Å². The van der Waals surface area contributed by atoms with Gasteiger partial charge in [0.2, 0.25) is 0 Å². The van der Waals surface area contributed by atoms with E-state index in [0.717, 1.165) is 50.9 Å². The Morgan fingerprint density at radius 3 is 1.85 bits per heavy atom. The van der Waals surface area contributed by atoms with Gasteiger partial charge in [0.1, 0.15) is 18.0 Å². The molecule has 0 aliphatic carbocycles. The molecule has 110 valence electrons. The van der Waals surface area contributed by atoms with Crippen LogP contribution < -0.4 is 9.80 Å². The molecule has 3 rings (SSSR count). The van der Waals surface area contributed by atoms with Crippen LogP contribution in [0, 0.1) is 0 Å². The minimum Gasteiger partial charge on any atom is -0.379 e. The Labute approximate surface area is 119 Å². The van der Waals surface area contributed by atoms with E-state index in [-0.39, 0.29) is 0 Å². The molecule has 0 bridgehead atoms. The van der Waals surface area contributed by atoms with Crippen LogP contribution in [0.15, 0.2) is 12.4 Å². The fraction of sp³-hybridized carbons (Fsp3) is 0.714. The Morgan fingerprint density at radius 1 is 0.950 bits per heavy atom. The second-order valence-electron chi connectivity index (χ2n) is 5.49. The summed E-state index contributed by atoms with van der Waals surface area (Å²) in [5.74, 6) is 1.91. The Kier molecular flexibility index (Phi) is 4.03. The van der Waals surface area contributed by atoms with E-state index in [4.69, 9.17) is 9.47 Å². The molecule has 2 saturated heterocycles. The van der Waals surface area contributed by atoms with Gasteiger partial charge < -0.3 is 19.3 Å². The van der Waals surface area contributed by atoms with Gasteiger partial charge in [0.15, 0.2) is 0 Å². The Bertz CT molecular complexity index is 407. The van der Waals surface area contributed by atoms with Crippen molar-refractivity contribution >= 4 is 11.6 Å². The van der Waals surface area contributed by atoms with Crippen LogP contribution in [0.25, 0.3) is 0 Å². The Hall–Kier alpha value is -1.40. The minimum absolute atomic E-state index is 0.415. The number of hydrogen-bond acceptors (Lipinski definition) is 6. The molecule has 0 saturated carbocycles. The molecule has 0 aromatic carbocycles. The third kappa shape index (κ3) is 2.71. The number of anilines is 2. The average Bonchev–Trinajstić information content (AvgIpc) is 3.18. The molecule has 0 N–H and O–H groups in total. The van der Waals surface area contributed by atoms with E-state index < -0.39 is 0 Å². The van der Waals surface area contributed by atoms with Gasteiger partial charge in [-0.25, -0.2) is 9.97 Å². The third-order valence-corrected chi connectivity index (χ3v) is 4.27. The lowest BCUT2D eigenvalue weighted by molar-refractivity contribution is 0.193. The first kappa shape index (κ1) is 13.6. The van der Waals surface area contributed by atoms with Crippen molar-refractivity contribution < 1.29 is 9.47 Å². The maximum absolute atomic E-state index is 5.45. The first-order valence-electron chi connectivity index (χ1n) is 7.19. The highest BCUT2D eigenvalue weighted by atomic mass is 16.5. The summed E-state index contributed by atoms with van der Waals surface area (Å²) in [5.41, 5.74) is 0. The van der Waals surface area contributed by atoms with E-state index in [9.17, 15) is 0 Å². The quantitative estimate of drug-likeness (QED) is 0.816. The van der Waals surface area contributed by atoms with Crippen molar-refractivity contribution in [1.82, 2.24) is 9.97 Å². The largest absolute Gasteiger partial charge is 0.379 e. The van der Waals surface area contributed by atoms with Gasteiger partial charge in [-0.2, -0.15) is 0 Å². The highest BCUT2D eigenvalue weighted by molar-refractivity contribution is 5.50. The van der Waals surface area contributed by atoms with Crippen molar-refractivity contribution in [1.29, 1.82) is 0 Å². The maximum Gasteiger partial charge on any atom is 0.134 e. The molecule has 2 fully saturated rings. The van der Waals surface area contributed by atoms with E-state index in [1.54, 1.807) is 6.33 Å². The maximum atomic E-state index is 5.45. The predicted molar refractivity (Wildman–Crippen MR) is 77.3 cm³/mol. The molecule has 3 heterocycles. The van der Waals surface area contributed by atoms with E-state index in [0.29, 0.717) is 12.1 Å². The number of nitrogens with zero attached hydrogens (tertiary/aromatic N) is 4. The topological polar surface area (TPSA) is 50.7 Å². The molecule has 6 heteroatoms. The van der Waals surface area contributed by atoms with Crippen LogP contribution in [-0.4, -0.2) is 62.6 Å². The van der Waals surface area contributed by atoms with Gasteiger partial charge >= 0.3 is 0 Å². The lowest BCUT2D eigenvalue weighted by atomic mass is 10.2. The molecule has 2 aliphatic rings. The molecule has 1 aromatic rings. The fourth-order valence-corrected chi connectivity index (χ4v) is 2.75. The lowest BCUT2D eigenvalue weighted by Gasteiger charge is -2.27. The Morgan fingerprint density at radius 2 is 1.45 bits per heavy atom. The fourth-order valence-electron chi connectivity index (χ4n) is 2.75. The summed E-state index contributed by atoms with van der Waals surface area (Å²) in [5, 5.41) is 0. The van der Waals surface area contributed by atoms with Gasteiger partial charge in [0, 0.05) is 33.4 Å². The second kappa shape index (κ2) is 5.93. The van der Waals surface area contributed by atoms with Gasteiger partial charge in [-0.05, 0) is 12.8 Å². The zero-order valence-corrected chi connectivity index (χ0v) is 12.2. The van der Waals surface area contributed by atoms with E-state index in [1.807, 2.05) is 0 Å². The number of hydrogen-bond donors (Lipinski definition) is 0. The first-order chi connectivity index (χ1) is 9.75. The van der Waals surface area contributed by atoms with Gasteiger partial charge in [0.25, 0.3) is 0 Å². The third-order valence-electron chi connectivity index (χ3n) is 4.27. The van der Waals surface area contributed by atoms with Gasteiger partial charge in [-0.3, -0.25) is 0 Å². The zero-order valence-electron chi connectivity index (χ0n) is 12.2. The normalized spacial score (nSPS) is 25.9. The van der Waals surface area contributed by atoms with Crippen LogP contribution in [0.4, 0.5) is 11.6 Å². The monoisotopic (exact) mass is 278 g/mol.